The number of amides is 1. The number of piperazine rings is 1. The van der Waals surface area contributed by atoms with Gasteiger partial charge in [-0.25, -0.2) is 9.97 Å². The monoisotopic (exact) mass is 401 g/mol. The fraction of sp³-hybridized carbons (Fsp3) is 0.421. The summed E-state index contributed by atoms with van der Waals surface area (Å²) in [5.74, 6) is 2.59. The van der Waals surface area contributed by atoms with Gasteiger partial charge in [-0.15, -0.1) is 0 Å². The zero-order valence-corrected chi connectivity index (χ0v) is 16.6. The molecule has 0 atom stereocenters. The van der Waals surface area contributed by atoms with E-state index < -0.39 is 0 Å². The van der Waals surface area contributed by atoms with Crippen LogP contribution in [0.25, 0.3) is 0 Å². The number of ether oxygens (including phenoxy) is 2. The second-order valence-corrected chi connectivity index (χ2v) is 7.68. The van der Waals surface area contributed by atoms with Crippen LogP contribution >= 0.6 is 11.8 Å². The number of carbonyl (C=O) groups excluding carboxylic acids is 1. The molecule has 0 unspecified atom stereocenters. The average Bonchev–Trinajstić information content (AvgIpc) is 3.19. The molecule has 2 aliphatic heterocycles. The Bertz CT molecular complexity index is 842. The van der Waals surface area contributed by atoms with Crippen molar-refractivity contribution in [1.29, 1.82) is 0 Å². The minimum atomic E-state index is -0.0590. The van der Waals surface area contributed by atoms with Gasteiger partial charge in [-0.05, 0) is 30.8 Å². The smallest absolute Gasteiger partial charge is 0.231 e. The number of likely N-dealkylation sites (N-methyl/N-ethyl adjacent to an activating group) is 1. The van der Waals surface area contributed by atoms with E-state index in [-0.39, 0.29) is 18.5 Å². The van der Waals surface area contributed by atoms with Crippen molar-refractivity contribution in [3.63, 3.8) is 0 Å². The molecule has 1 fully saturated rings. The molecule has 2 aliphatic rings. The molecule has 2 aromatic rings. The number of fused-ring (bicyclic) bond motifs is 1. The van der Waals surface area contributed by atoms with Crippen molar-refractivity contribution in [3.8, 4) is 11.5 Å². The van der Waals surface area contributed by atoms with Crippen LogP contribution in [-0.2, 0) is 11.3 Å². The van der Waals surface area contributed by atoms with Crippen LogP contribution in [0.2, 0.25) is 0 Å². The topological polar surface area (TPSA) is 79.8 Å². The molecule has 1 aromatic carbocycles. The van der Waals surface area contributed by atoms with E-state index in [9.17, 15) is 4.79 Å². The van der Waals surface area contributed by atoms with Gasteiger partial charge >= 0.3 is 0 Å². The Hall–Kier alpha value is -2.52. The van der Waals surface area contributed by atoms with Crippen LogP contribution in [0.3, 0.4) is 0 Å². The quantitative estimate of drug-likeness (QED) is 0.574. The molecule has 0 saturated carbocycles. The highest BCUT2D eigenvalue weighted by Crippen LogP contribution is 2.32. The summed E-state index contributed by atoms with van der Waals surface area (Å²) in [5.41, 5.74) is 0.968. The summed E-state index contributed by atoms with van der Waals surface area (Å²) >= 11 is 1.35. The lowest BCUT2D eigenvalue weighted by molar-refractivity contribution is -0.118. The SMILES string of the molecule is CN1CCN(c2ccnc(SCC(=O)NCc3ccc4c(c3)OCO4)n2)CC1. The number of hydrogen-bond donors (Lipinski definition) is 1. The van der Waals surface area contributed by atoms with E-state index in [0.29, 0.717) is 11.7 Å². The number of carbonyl (C=O) groups is 1. The summed E-state index contributed by atoms with van der Waals surface area (Å²) in [4.78, 5) is 25.6. The van der Waals surface area contributed by atoms with Gasteiger partial charge in [-0.3, -0.25) is 4.79 Å². The number of rotatable bonds is 6. The van der Waals surface area contributed by atoms with Crippen molar-refractivity contribution < 1.29 is 14.3 Å². The third-order valence-electron chi connectivity index (χ3n) is 4.71. The highest BCUT2D eigenvalue weighted by Gasteiger charge is 2.16. The lowest BCUT2D eigenvalue weighted by Crippen LogP contribution is -2.44. The van der Waals surface area contributed by atoms with E-state index in [4.69, 9.17) is 9.47 Å². The number of nitrogens with zero attached hydrogens (tertiary/aromatic N) is 4. The van der Waals surface area contributed by atoms with Crippen molar-refractivity contribution >= 4 is 23.5 Å². The molecule has 0 radical (unpaired) electrons. The number of thioether (sulfide) groups is 1. The summed E-state index contributed by atoms with van der Waals surface area (Å²) in [6, 6.07) is 7.59. The molecule has 1 aromatic heterocycles. The maximum absolute atomic E-state index is 12.2. The molecule has 28 heavy (non-hydrogen) atoms. The molecule has 1 N–H and O–H groups in total. The third-order valence-corrected chi connectivity index (χ3v) is 5.57. The van der Waals surface area contributed by atoms with E-state index in [0.717, 1.165) is 49.1 Å². The lowest BCUT2D eigenvalue weighted by atomic mass is 10.2. The number of nitrogens with one attached hydrogen (secondary N) is 1. The van der Waals surface area contributed by atoms with Crippen molar-refractivity contribution in [3.05, 3.63) is 36.0 Å². The van der Waals surface area contributed by atoms with Gasteiger partial charge < -0.3 is 24.6 Å². The van der Waals surface area contributed by atoms with Crippen molar-refractivity contribution in [2.75, 3.05) is 50.7 Å². The molecule has 1 amide bonds. The number of aromatic nitrogens is 2. The molecule has 9 heteroatoms. The molecule has 0 aliphatic carbocycles. The van der Waals surface area contributed by atoms with Crippen LogP contribution in [0.5, 0.6) is 11.5 Å². The van der Waals surface area contributed by atoms with Crippen LogP contribution in [0, 0.1) is 0 Å². The molecule has 1 saturated heterocycles. The second-order valence-electron chi connectivity index (χ2n) is 6.74. The highest BCUT2D eigenvalue weighted by atomic mass is 32.2. The van der Waals surface area contributed by atoms with Gasteiger partial charge in [-0.1, -0.05) is 17.8 Å². The normalized spacial score (nSPS) is 16.2. The minimum absolute atomic E-state index is 0.0590. The van der Waals surface area contributed by atoms with E-state index in [1.165, 1.54) is 11.8 Å². The van der Waals surface area contributed by atoms with Crippen molar-refractivity contribution in [1.82, 2.24) is 20.2 Å². The molecular weight excluding hydrogens is 378 g/mol. The Morgan fingerprint density at radius 2 is 2.00 bits per heavy atom. The first-order valence-corrected chi connectivity index (χ1v) is 10.2. The van der Waals surface area contributed by atoms with Gasteiger partial charge in [0, 0.05) is 38.9 Å². The van der Waals surface area contributed by atoms with Gasteiger partial charge in [0.2, 0.25) is 12.7 Å². The summed E-state index contributed by atoms with van der Waals surface area (Å²) in [5, 5.41) is 3.54. The Morgan fingerprint density at radius 3 is 2.86 bits per heavy atom. The van der Waals surface area contributed by atoms with Gasteiger partial charge in [0.25, 0.3) is 0 Å². The van der Waals surface area contributed by atoms with Gasteiger partial charge in [-0.2, -0.15) is 0 Å². The minimum Gasteiger partial charge on any atom is -0.454 e. The molecule has 4 rings (SSSR count). The molecular formula is C19H23N5O3S. The van der Waals surface area contributed by atoms with E-state index in [1.54, 1.807) is 6.20 Å². The summed E-state index contributed by atoms with van der Waals surface area (Å²) < 4.78 is 10.6. The Balaban J connectivity index is 1.26. The Morgan fingerprint density at radius 1 is 1.18 bits per heavy atom. The van der Waals surface area contributed by atoms with Gasteiger partial charge in [0.05, 0.1) is 5.75 Å². The third kappa shape index (κ3) is 4.66. The largest absolute Gasteiger partial charge is 0.454 e. The zero-order chi connectivity index (χ0) is 19.3. The first-order valence-electron chi connectivity index (χ1n) is 9.22. The lowest BCUT2D eigenvalue weighted by Gasteiger charge is -2.33. The number of benzene rings is 1. The maximum Gasteiger partial charge on any atom is 0.231 e. The predicted molar refractivity (Wildman–Crippen MR) is 107 cm³/mol. The second kappa shape index (κ2) is 8.66. The Kier molecular flexibility index (Phi) is 5.82. The standard InChI is InChI=1S/C19H23N5O3S/c1-23-6-8-24(9-7-23)17-4-5-20-19(22-17)28-12-18(25)21-11-14-2-3-15-16(10-14)27-13-26-15/h2-5,10H,6-9,11-13H2,1H3,(H,21,25). The highest BCUT2D eigenvalue weighted by molar-refractivity contribution is 7.99. The predicted octanol–water partition coefficient (Wildman–Crippen LogP) is 1.37. The van der Waals surface area contributed by atoms with E-state index >= 15 is 0 Å². The molecule has 0 spiro atoms. The van der Waals surface area contributed by atoms with Crippen LogP contribution in [0.15, 0.2) is 35.6 Å². The molecule has 0 bridgehead atoms. The van der Waals surface area contributed by atoms with Crippen molar-refractivity contribution in [2.45, 2.75) is 11.7 Å². The summed E-state index contributed by atoms with van der Waals surface area (Å²) in [6.45, 7) is 4.64. The van der Waals surface area contributed by atoms with E-state index in [2.05, 4.69) is 32.1 Å². The summed E-state index contributed by atoms with van der Waals surface area (Å²) in [6.07, 6.45) is 1.76. The van der Waals surface area contributed by atoms with Gasteiger partial charge in [0.1, 0.15) is 5.82 Å². The molecule has 3 heterocycles. The van der Waals surface area contributed by atoms with Crippen LogP contribution in [0.1, 0.15) is 5.56 Å². The number of anilines is 1. The van der Waals surface area contributed by atoms with Crippen molar-refractivity contribution in [2.24, 2.45) is 0 Å². The van der Waals surface area contributed by atoms with Crippen LogP contribution in [-0.4, -0.2) is 66.5 Å². The molecule has 148 valence electrons. The maximum atomic E-state index is 12.2. The first kappa shape index (κ1) is 18.8. The van der Waals surface area contributed by atoms with Gasteiger partial charge in [0.15, 0.2) is 16.7 Å². The Labute approximate surface area is 168 Å². The van der Waals surface area contributed by atoms with E-state index in [1.807, 2.05) is 24.3 Å². The average molecular weight is 401 g/mol. The number of hydrogen-bond acceptors (Lipinski definition) is 8. The fourth-order valence-electron chi connectivity index (χ4n) is 3.05. The fourth-order valence-corrected chi connectivity index (χ4v) is 3.70. The molecule has 8 nitrogen and oxygen atoms in total. The van der Waals surface area contributed by atoms with Crippen LogP contribution < -0.4 is 19.7 Å². The summed E-state index contributed by atoms with van der Waals surface area (Å²) in [7, 11) is 2.13. The zero-order valence-electron chi connectivity index (χ0n) is 15.8. The first-order chi connectivity index (χ1) is 13.7. The van der Waals surface area contributed by atoms with Crippen LogP contribution in [0.4, 0.5) is 5.82 Å².